The van der Waals surface area contributed by atoms with Gasteiger partial charge in [-0.3, -0.25) is 9.69 Å². The first-order valence-corrected chi connectivity index (χ1v) is 6.77. The molecule has 19 heavy (non-hydrogen) atoms. The van der Waals surface area contributed by atoms with Gasteiger partial charge in [0.1, 0.15) is 5.75 Å². The zero-order valence-electron chi connectivity index (χ0n) is 11.9. The van der Waals surface area contributed by atoms with Crippen molar-refractivity contribution in [2.45, 2.75) is 33.2 Å². The molecule has 1 unspecified atom stereocenters. The first-order valence-electron chi connectivity index (χ1n) is 6.77. The van der Waals surface area contributed by atoms with Crippen molar-refractivity contribution >= 4 is 5.97 Å². The van der Waals surface area contributed by atoms with E-state index in [1.54, 1.807) is 0 Å². The zero-order valence-corrected chi connectivity index (χ0v) is 11.9. The van der Waals surface area contributed by atoms with E-state index in [4.69, 9.17) is 9.84 Å². The molecule has 0 saturated carbocycles. The molecule has 0 amide bonds. The number of benzene rings is 1. The molecule has 4 nitrogen and oxygen atoms in total. The van der Waals surface area contributed by atoms with Crippen LogP contribution in [0.1, 0.15) is 38.8 Å². The zero-order chi connectivity index (χ0) is 14.3. The summed E-state index contributed by atoms with van der Waals surface area (Å²) in [5.74, 6) is 0.115. The van der Waals surface area contributed by atoms with Gasteiger partial charge in [0.2, 0.25) is 0 Å². The Bertz CT molecular complexity index is 389. The third-order valence-electron chi connectivity index (χ3n) is 3.24. The lowest BCUT2D eigenvalue weighted by Gasteiger charge is -2.27. The fourth-order valence-electron chi connectivity index (χ4n) is 2.08. The van der Waals surface area contributed by atoms with Gasteiger partial charge in [0, 0.05) is 12.6 Å². The Balaban J connectivity index is 2.67. The van der Waals surface area contributed by atoms with Gasteiger partial charge in [0.05, 0.1) is 13.0 Å². The first kappa shape index (κ1) is 15.5. The van der Waals surface area contributed by atoms with Crippen LogP contribution in [0.4, 0.5) is 0 Å². The fourth-order valence-corrected chi connectivity index (χ4v) is 2.08. The number of ether oxygens (including phenoxy) is 1. The molecule has 106 valence electrons. The average Bonchev–Trinajstić information content (AvgIpc) is 2.40. The van der Waals surface area contributed by atoms with Gasteiger partial charge in [0.25, 0.3) is 0 Å². The van der Waals surface area contributed by atoms with E-state index in [2.05, 4.69) is 11.8 Å². The van der Waals surface area contributed by atoms with Gasteiger partial charge in [-0.1, -0.05) is 19.1 Å². The normalized spacial score (nSPS) is 12.4. The number of carboxylic acids is 1. The smallest absolute Gasteiger partial charge is 0.304 e. The van der Waals surface area contributed by atoms with Gasteiger partial charge in [-0.25, -0.2) is 0 Å². The Labute approximate surface area is 115 Å². The van der Waals surface area contributed by atoms with Crippen LogP contribution in [0.25, 0.3) is 0 Å². The van der Waals surface area contributed by atoms with E-state index in [0.717, 1.165) is 12.3 Å². The van der Waals surface area contributed by atoms with Crippen molar-refractivity contribution in [1.29, 1.82) is 0 Å². The van der Waals surface area contributed by atoms with Crippen LogP contribution in [0.5, 0.6) is 5.75 Å². The largest absolute Gasteiger partial charge is 0.494 e. The van der Waals surface area contributed by atoms with Crippen molar-refractivity contribution in [3.63, 3.8) is 0 Å². The predicted molar refractivity (Wildman–Crippen MR) is 75.5 cm³/mol. The van der Waals surface area contributed by atoms with Crippen LogP contribution in [0.3, 0.4) is 0 Å². The third kappa shape index (κ3) is 4.91. The molecule has 0 fully saturated rings. The minimum absolute atomic E-state index is 0.176. The van der Waals surface area contributed by atoms with Crippen LogP contribution in [0.2, 0.25) is 0 Å². The van der Waals surface area contributed by atoms with Crippen LogP contribution >= 0.6 is 0 Å². The summed E-state index contributed by atoms with van der Waals surface area (Å²) in [5, 5.41) is 8.76. The Morgan fingerprint density at radius 3 is 2.42 bits per heavy atom. The van der Waals surface area contributed by atoms with Crippen molar-refractivity contribution in [2.24, 2.45) is 0 Å². The molecule has 0 heterocycles. The lowest BCUT2D eigenvalue weighted by atomic mass is 10.1. The molecule has 0 aliphatic heterocycles. The maximum absolute atomic E-state index is 10.7. The van der Waals surface area contributed by atoms with E-state index in [1.165, 1.54) is 5.56 Å². The highest BCUT2D eigenvalue weighted by Crippen LogP contribution is 2.22. The molecule has 0 aliphatic carbocycles. The second-order valence-corrected chi connectivity index (χ2v) is 4.45. The summed E-state index contributed by atoms with van der Waals surface area (Å²) in [6.07, 6.45) is 0.176. The lowest BCUT2D eigenvalue weighted by Crippen LogP contribution is -2.29. The Morgan fingerprint density at radius 2 is 1.95 bits per heavy atom. The topological polar surface area (TPSA) is 49.8 Å². The molecule has 1 rings (SSSR count). The van der Waals surface area contributed by atoms with Crippen molar-refractivity contribution in [2.75, 3.05) is 19.7 Å². The number of hydrogen-bond acceptors (Lipinski definition) is 3. The van der Waals surface area contributed by atoms with Gasteiger partial charge in [-0.05, 0) is 38.1 Å². The summed E-state index contributed by atoms with van der Waals surface area (Å²) < 4.78 is 5.42. The van der Waals surface area contributed by atoms with Crippen LogP contribution in [-0.2, 0) is 4.79 Å². The molecule has 1 aromatic rings. The summed E-state index contributed by atoms with van der Waals surface area (Å²) in [6.45, 7) is 8.17. The Morgan fingerprint density at radius 1 is 1.32 bits per heavy atom. The summed E-state index contributed by atoms with van der Waals surface area (Å²) in [5.41, 5.74) is 1.18. The van der Waals surface area contributed by atoms with Gasteiger partial charge < -0.3 is 9.84 Å². The molecular formula is C15H23NO3. The van der Waals surface area contributed by atoms with Crippen molar-refractivity contribution in [3.8, 4) is 5.75 Å². The van der Waals surface area contributed by atoms with Crippen LogP contribution in [-0.4, -0.2) is 35.7 Å². The highest BCUT2D eigenvalue weighted by molar-refractivity contribution is 5.66. The minimum Gasteiger partial charge on any atom is -0.494 e. The summed E-state index contributed by atoms with van der Waals surface area (Å²) >= 11 is 0. The van der Waals surface area contributed by atoms with E-state index >= 15 is 0 Å². The highest BCUT2D eigenvalue weighted by Gasteiger charge is 2.15. The second-order valence-electron chi connectivity index (χ2n) is 4.45. The van der Waals surface area contributed by atoms with Gasteiger partial charge >= 0.3 is 5.97 Å². The first-order chi connectivity index (χ1) is 9.08. The molecule has 0 saturated heterocycles. The van der Waals surface area contributed by atoms with Crippen molar-refractivity contribution < 1.29 is 14.6 Å². The SMILES string of the molecule is CCOc1ccc(C(C)N(CC)CCC(=O)O)cc1. The van der Waals surface area contributed by atoms with Crippen LogP contribution in [0.15, 0.2) is 24.3 Å². The predicted octanol–water partition coefficient (Wildman–Crippen LogP) is 2.94. The van der Waals surface area contributed by atoms with Crippen molar-refractivity contribution in [3.05, 3.63) is 29.8 Å². The lowest BCUT2D eigenvalue weighted by molar-refractivity contribution is -0.137. The van der Waals surface area contributed by atoms with Crippen molar-refractivity contribution in [1.82, 2.24) is 4.90 Å². The number of carbonyl (C=O) groups is 1. The number of hydrogen-bond donors (Lipinski definition) is 1. The summed E-state index contributed by atoms with van der Waals surface area (Å²) in [7, 11) is 0. The van der Waals surface area contributed by atoms with Crippen LogP contribution in [0, 0.1) is 0 Å². The molecule has 0 radical (unpaired) electrons. The van der Waals surface area contributed by atoms with Crippen LogP contribution < -0.4 is 4.74 Å². The van der Waals surface area contributed by atoms with E-state index in [0.29, 0.717) is 13.2 Å². The third-order valence-corrected chi connectivity index (χ3v) is 3.24. The van der Waals surface area contributed by atoms with Gasteiger partial charge in [-0.2, -0.15) is 0 Å². The molecule has 0 bridgehead atoms. The molecule has 0 aliphatic rings. The maximum atomic E-state index is 10.7. The van der Waals surface area contributed by atoms with Gasteiger partial charge in [0.15, 0.2) is 0 Å². The molecule has 4 heteroatoms. The molecule has 1 aromatic carbocycles. The van der Waals surface area contributed by atoms with E-state index in [1.807, 2.05) is 38.1 Å². The standard InChI is InChI=1S/C15H23NO3/c1-4-16(11-10-15(17)18)12(3)13-6-8-14(9-7-13)19-5-2/h6-9,12H,4-5,10-11H2,1-3H3,(H,17,18). The quantitative estimate of drug-likeness (QED) is 0.785. The molecular weight excluding hydrogens is 242 g/mol. The van der Waals surface area contributed by atoms with E-state index < -0.39 is 5.97 Å². The number of rotatable bonds is 8. The highest BCUT2D eigenvalue weighted by atomic mass is 16.5. The molecule has 1 N–H and O–H groups in total. The number of aliphatic carboxylic acids is 1. The maximum Gasteiger partial charge on any atom is 0.304 e. The van der Waals surface area contributed by atoms with E-state index in [-0.39, 0.29) is 12.5 Å². The Kier molecular flexibility index (Phi) is 6.36. The minimum atomic E-state index is -0.752. The molecule has 0 aromatic heterocycles. The van der Waals surface area contributed by atoms with E-state index in [9.17, 15) is 4.79 Å². The molecule has 1 atom stereocenters. The van der Waals surface area contributed by atoms with Gasteiger partial charge in [-0.15, -0.1) is 0 Å². The molecule has 0 spiro atoms. The average molecular weight is 265 g/mol. The number of carboxylic acid groups (broad SMARTS) is 1. The monoisotopic (exact) mass is 265 g/mol. The second kappa shape index (κ2) is 7.79. The number of nitrogens with zero attached hydrogens (tertiary/aromatic N) is 1. The summed E-state index contributed by atoms with van der Waals surface area (Å²) in [4.78, 5) is 12.8. The Hall–Kier alpha value is -1.55. The summed E-state index contributed by atoms with van der Waals surface area (Å²) in [6, 6.07) is 8.21. The fraction of sp³-hybridized carbons (Fsp3) is 0.533.